The molecule has 0 aliphatic carbocycles. The lowest BCUT2D eigenvalue weighted by atomic mass is 10.2. The zero-order valence-electron chi connectivity index (χ0n) is 7.86. The van der Waals surface area contributed by atoms with E-state index in [1.54, 1.807) is 19.2 Å². The summed E-state index contributed by atoms with van der Waals surface area (Å²) in [7, 11) is 0. The summed E-state index contributed by atoms with van der Waals surface area (Å²) in [6.45, 7) is 1.56. The Hall–Kier alpha value is -1.71. The van der Waals surface area contributed by atoms with Gasteiger partial charge in [0.2, 0.25) is 5.71 Å². The number of aryl methyl sites for hydroxylation is 1. The van der Waals surface area contributed by atoms with E-state index in [1.807, 2.05) is 6.07 Å². The monoisotopic (exact) mass is 190 g/mol. The second-order valence-corrected chi connectivity index (χ2v) is 3.14. The fourth-order valence-electron chi connectivity index (χ4n) is 1.20. The Bertz CT molecular complexity index is 429. The van der Waals surface area contributed by atoms with Crippen LogP contribution in [0.25, 0.3) is 11.2 Å². The third kappa shape index (κ3) is 1.79. The molecule has 0 radical (unpaired) electrons. The summed E-state index contributed by atoms with van der Waals surface area (Å²) in [5.41, 5.74) is 1.28. The smallest absolute Gasteiger partial charge is 0.246 e. The van der Waals surface area contributed by atoms with Crippen molar-refractivity contribution < 1.29 is 9.21 Å². The first kappa shape index (κ1) is 8.87. The van der Waals surface area contributed by atoms with Crippen molar-refractivity contribution in [2.24, 2.45) is 0 Å². The maximum Gasteiger partial charge on any atom is 0.246 e. The van der Waals surface area contributed by atoms with E-state index in [0.717, 1.165) is 5.52 Å². The molecular weight excluding hydrogens is 180 g/mol. The number of pyridine rings is 1. The summed E-state index contributed by atoms with van der Waals surface area (Å²) < 4.78 is 5.34. The minimum absolute atomic E-state index is 0.139. The van der Waals surface area contributed by atoms with E-state index in [0.29, 0.717) is 24.4 Å². The molecule has 0 aromatic carbocycles. The molecule has 0 aliphatic rings. The van der Waals surface area contributed by atoms with E-state index in [4.69, 9.17) is 4.42 Å². The normalized spacial score (nSPS) is 10.6. The minimum atomic E-state index is 0.139. The number of carbonyl (C=O) groups excluding carboxylic acids is 1. The molecule has 2 heterocycles. The van der Waals surface area contributed by atoms with E-state index in [2.05, 4.69) is 9.97 Å². The van der Waals surface area contributed by atoms with Crippen LogP contribution in [-0.2, 0) is 11.2 Å². The van der Waals surface area contributed by atoms with Crippen LogP contribution in [0.15, 0.2) is 22.7 Å². The standard InChI is InChI=1S/C10H10N2O2/c1-7(13)4-5-9-12-8-3-2-6-11-10(8)14-9/h2-3,6H,4-5H2,1H3. The van der Waals surface area contributed by atoms with Gasteiger partial charge in [0.15, 0.2) is 5.89 Å². The molecule has 0 unspecified atom stereocenters. The van der Waals surface area contributed by atoms with Crippen molar-refractivity contribution in [3.05, 3.63) is 24.2 Å². The molecule has 0 fully saturated rings. The van der Waals surface area contributed by atoms with E-state index < -0.39 is 0 Å². The molecule has 0 saturated heterocycles. The van der Waals surface area contributed by atoms with Gasteiger partial charge in [-0.05, 0) is 19.1 Å². The Morgan fingerprint density at radius 3 is 3.14 bits per heavy atom. The van der Waals surface area contributed by atoms with Crippen LogP contribution >= 0.6 is 0 Å². The quantitative estimate of drug-likeness (QED) is 0.739. The lowest BCUT2D eigenvalue weighted by molar-refractivity contribution is -0.117. The maximum atomic E-state index is 10.7. The third-order valence-corrected chi connectivity index (χ3v) is 1.90. The van der Waals surface area contributed by atoms with Gasteiger partial charge in [0.05, 0.1) is 0 Å². The number of hydrogen-bond acceptors (Lipinski definition) is 4. The molecule has 0 amide bonds. The number of rotatable bonds is 3. The van der Waals surface area contributed by atoms with E-state index in [-0.39, 0.29) is 5.78 Å². The second-order valence-electron chi connectivity index (χ2n) is 3.14. The summed E-state index contributed by atoms with van der Waals surface area (Å²) in [5.74, 6) is 0.717. The average molecular weight is 190 g/mol. The maximum absolute atomic E-state index is 10.7. The topological polar surface area (TPSA) is 56.0 Å². The molecule has 2 aromatic heterocycles. The predicted octanol–water partition coefficient (Wildman–Crippen LogP) is 1.74. The Balaban J connectivity index is 2.22. The number of carbonyl (C=O) groups is 1. The number of ketones is 1. The molecule has 0 N–H and O–H groups in total. The molecule has 0 spiro atoms. The Morgan fingerprint density at radius 1 is 1.57 bits per heavy atom. The predicted molar refractivity (Wildman–Crippen MR) is 50.8 cm³/mol. The van der Waals surface area contributed by atoms with E-state index in [9.17, 15) is 4.79 Å². The van der Waals surface area contributed by atoms with Gasteiger partial charge in [-0.3, -0.25) is 0 Å². The van der Waals surface area contributed by atoms with Crippen molar-refractivity contribution in [1.82, 2.24) is 9.97 Å². The molecule has 0 atom stereocenters. The highest BCUT2D eigenvalue weighted by Gasteiger charge is 2.06. The molecule has 2 aromatic rings. The first-order chi connectivity index (χ1) is 6.75. The molecule has 0 bridgehead atoms. The Morgan fingerprint density at radius 2 is 2.43 bits per heavy atom. The van der Waals surface area contributed by atoms with Crippen LogP contribution in [0, 0.1) is 0 Å². The second kappa shape index (κ2) is 3.57. The van der Waals surface area contributed by atoms with Gasteiger partial charge in [-0.2, -0.15) is 0 Å². The highest BCUT2D eigenvalue weighted by atomic mass is 16.4. The molecule has 4 nitrogen and oxygen atoms in total. The van der Waals surface area contributed by atoms with Crippen molar-refractivity contribution in [3.63, 3.8) is 0 Å². The minimum Gasteiger partial charge on any atom is -0.422 e. The lowest BCUT2D eigenvalue weighted by Gasteiger charge is -1.88. The van der Waals surface area contributed by atoms with Crippen LogP contribution in [0.2, 0.25) is 0 Å². The highest BCUT2D eigenvalue weighted by molar-refractivity contribution is 5.75. The lowest BCUT2D eigenvalue weighted by Crippen LogP contribution is -1.93. The SMILES string of the molecule is CC(=O)CCc1nc2cccnc2o1. The van der Waals surface area contributed by atoms with Crippen LogP contribution < -0.4 is 0 Å². The third-order valence-electron chi connectivity index (χ3n) is 1.90. The van der Waals surface area contributed by atoms with E-state index in [1.165, 1.54) is 0 Å². The van der Waals surface area contributed by atoms with Crippen molar-refractivity contribution >= 4 is 17.0 Å². The van der Waals surface area contributed by atoms with Gasteiger partial charge in [-0.25, -0.2) is 9.97 Å². The molecule has 0 saturated carbocycles. The van der Waals surface area contributed by atoms with Gasteiger partial charge in [-0.1, -0.05) is 0 Å². The summed E-state index contributed by atoms with van der Waals surface area (Å²) in [6.07, 6.45) is 2.67. The largest absolute Gasteiger partial charge is 0.422 e. The van der Waals surface area contributed by atoms with Crippen molar-refractivity contribution in [2.45, 2.75) is 19.8 Å². The molecule has 2 rings (SSSR count). The zero-order valence-corrected chi connectivity index (χ0v) is 7.86. The summed E-state index contributed by atoms with van der Waals surface area (Å²) in [4.78, 5) is 19.0. The van der Waals surface area contributed by atoms with Gasteiger partial charge in [0, 0.05) is 19.0 Å². The van der Waals surface area contributed by atoms with Crippen LogP contribution in [-0.4, -0.2) is 15.8 Å². The van der Waals surface area contributed by atoms with Gasteiger partial charge in [-0.15, -0.1) is 0 Å². The number of aromatic nitrogens is 2. The number of fused-ring (bicyclic) bond motifs is 1. The molecule has 4 heteroatoms. The zero-order chi connectivity index (χ0) is 9.97. The van der Waals surface area contributed by atoms with Gasteiger partial charge < -0.3 is 9.21 Å². The summed E-state index contributed by atoms with van der Waals surface area (Å²) in [5, 5.41) is 0. The fraction of sp³-hybridized carbons (Fsp3) is 0.300. The number of Topliss-reactive ketones (excluding diaryl/α,β-unsaturated/α-hetero) is 1. The fourth-order valence-corrected chi connectivity index (χ4v) is 1.20. The summed E-state index contributed by atoms with van der Waals surface area (Å²) in [6, 6.07) is 3.64. The van der Waals surface area contributed by atoms with Crippen LogP contribution in [0.3, 0.4) is 0 Å². The average Bonchev–Trinajstić information content (AvgIpc) is 2.57. The van der Waals surface area contributed by atoms with E-state index >= 15 is 0 Å². The van der Waals surface area contributed by atoms with Crippen LogP contribution in [0.1, 0.15) is 19.2 Å². The Labute approximate surface area is 81.0 Å². The number of nitrogens with zero attached hydrogens (tertiary/aromatic N) is 2. The molecule has 0 aliphatic heterocycles. The Kier molecular flexibility index (Phi) is 2.26. The molecule has 14 heavy (non-hydrogen) atoms. The summed E-state index contributed by atoms with van der Waals surface area (Å²) >= 11 is 0. The highest BCUT2D eigenvalue weighted by Crippen LogP contribution is 2.12. The molecular formula is C10H10N2O2. The van der Waals surface area contributed by atoms with Gasteiger partial charge >= 0.3 is 0 Å². The van der Waals surface area contributed by atoms with Gasteiger partial charge in [0.25, 0.3) is 0 Å². The van der Waals surface area contributed by atoms with Crippen molar-refractivity contribution in [3.8, 4) is 0 Å². The first-order valence-corrected chi connectivity index (χ1v) is 4.45. The number of hydrogen-bond donors (Lipinski definition) is 0. The van der Waals surface area contributed by atoms with Gasteiger partial charge in [0.1, 0.15) is 11.3 Å². The first-order valence-electron chi connectivity index (χ1n) is 4.45. The van der Waals surface area contributed by atoms with Crippen LogP contribution in [0.4, 0.5) is 0 Å². The van der Waals surface area contributed by atoms with Crippen molar-refractivity contribution in [1.29, 1.82) is 0 Å². The molecule has 72 valence electrons. The van der Waals surface area contributed by atoms with Crippen molar-refractivity contribution in [2.75, 3.05) is 0 Å². The van der Waals surface area contributed by atoms with Crippen LogP contribution in [0.5, 0.6) is 0 Å². The number of oxazole rings is 1.